The Hall–Kier alpha value is -3.42. The van der Waals surface area contributed by atoms with E-state index in [2.05, 4.69) is 18.5 Å². The highest BCUT2D eigenvalue weighted by Gasteiger charge is 2.32. The zero-order chi connectivity index (χ0) is 24.0. The van der Waals surface area contributed by atoms with Gasteiger partial charge in [-0.05, 0) is 48.5 Å². The van der Waals surface area contributed by atoms with E-state index in [-0.39, 0.29) is 23.8 Å². The van der Waals surface area contributed by atoms with Crippen molar-refractivity contribution in [3.63, 3.8) is 0 Å². The Morgan fingerprint density at radius 2 is 1.91 bits per heavy atom. The van der Waals surface area contributed by atoms with E-state index in [1.165, 1.54) is 24.2 Å². The SMILES string of the molecule is C=CCc1cc(/C=C2\C(=O)NC(=S)N(CC=C)C2=O)cc(OC)c1OCc1ccccc1Cl. The summed E-state index contributed by atoms with van der Waals surface area (Å²) in [7, 11) is 1.52. The fourth-order valence-electron chi connectivity index (χ4n) is 3.31. The Bertz CT molecular complexity index is 1160. The highest BCUT2D eigenvalue weighted by atomic mass is 35.5. The third kappa shape index (κ3) is 5.50. The van der Waals surface area contributed by atoms with Crippen molar-refractivity contribution < 1.29 is 19.1 Å². The first-order valence-electron chi connectivity index (χ1n) is 10.1. The molecule has 33 heavy (non-hydrogen) atoms. The molecule has 2 aromatic carbocycles. The Kier molecular flexibility index (Phi) is 8.03. The maximum Gasteiger partial charge on any atom is 0.265 e. The fraction of sp³-hybridized carbons (Fsp3) is 0.160. The van der Waals surface area contributed by atoms with Crippen molar-refractivity contribution in [3.8, 4) is 11.5 Å². The van der Waals surface area contributed by atoms with Crippen molar-refractivity contribution in [2.24, 2.45) is 0 Å². The molecule has 170 valence electrons. The van der Waals surface area contributed by atoms with Gasteiger partial charge in [-0.25, -0.2) is 0 Å². The molecule has 2 aromatic rings. The molecule has 8 heteroatoms. The van der Waals surface area contributed by atoms with E-state index in [1.807, 2.05) is 24.3 Å². The number of hydrogen-bond acceptors (Lipinski definition) is 5. The Morgan fingerprint density at radius 1 is 1.15 bits per heavy atom. The Balaban J connectivity index is 1.99. The minimum absolute atomic E-state index is 0.0400. The average Bonchev–Trinajstić information content (AvgIpc) is 2.79. The van der Waals surface area contributed by atoms with Gasteiger partial charge in [-0.15, -0.1) is 13.2 Å². The number of carbonyl (C=O) groups excluding carboxylic acids is 2. The molecule has 6 nitrogen and oxygen atoms in total. The second kappa shape index (κ2) is 10.9. The fourth-order valence-corrected chi connectivity index (χ4v) is 3.75. The molecule has 0 aliphatic carbocycles. The molecule has 1 saturated heterocycles. The quantitative estimate of drug-likeness (QED) is 0.247. The molecule has 3 rings (SSSR count). The summed E-state index contributed by atoms with van der Waals surface area (Å²) < 4.78 is 11.6. The first-order valence-corrected chi connectivity index (χ1v) is 10.9. The van der Waals surface area contributed by atoms with Gasteiger partial charge in [0.2, 0.25) is 0 Å². The van der Waals surface area contributed by atoms with Crippen LogP contribution in [0.5, 0.6) is 11.5 Å². The highest BCUT2D eigenvalue weighted by Crippen LogP contribution is 2.35. The van der Waals surface area contributed by atoms with Gasteiger partial charge >= 0.3 is 0 Å². The number of hydrogen-bond donors (Lipinski definition) is 1. The minimum Gasteiger partial charge on any atom is -0.493 e. The van der Waals surface area contributed by atoms with Gasteiger partial charge in [0.1, 0.15) is 12.2 Å². The molecule has 0 atom stereocenters. The number of benzene rings is 2. The lowest BCUT2D eigenvalue weighted by Crippen LogP contribution is -2.53. The summed E-state index contributed by atoms with van der Waals surface area (Å²) >= 11 is 11.3. The van der Waals surface area contributed by atoms with Crippen LogP contribution < -0.4 is 14.8 Å². The van der Waals surface area contributed by atoms with Crippen LogP contribution in [0.2, 0.25) is 5.02 Å². The maximum absolute atomic E-state index is 12.8. The third-order valence-electron chi connectivity index (χ3n) is 4.88. The molecule has 1 aliphatic heterocycles. The minimum atomic E-state index is -0.561. The monoisotopic (exact) mass is 482 g/mol. The first kappa shape index (κ1) is 24.2. The van der Waals surface area contributed by atoms with E-state index >= 15 is 0 Å². The predicted molar refractivity (Wildman–Crippen MR) is 133 cm³/mol. The summed E-state index contributed by atoms with van der Waals surface area (Å²) in [5.41, 5.74) is 2.17. The molecule has 0 aromatic heterocycles. The van der Waals surface area contributed by atoms with E-state index in [0.29, 0.717) is 28.5 Å². The molecule has 0 unspecified atom stereocenters. The van der Waals surface area contributed by atoms with Crippen LogP contribution in [0.15, 0.2) is 67.3 Å². The van der Waals surface area contributed by atoms with Crippen molar-refractivity contribution in [2.75, 3.05) is 13.7 Å². The number of nitrogens with one attached hydrogen (secondary N) is 1. The van der Waals surface area contributed by atoms with Crippen LogP contribution in [0.4, 0.5) is 0 Å². The number of rotatable bonds is 9. The van der Waals surface area contributed by atoms with Crippen LogP contribution in [0.3, 0.4) is 0 Å². The molecule has 0 saturated carbocycles. The molecule has 1 fully saturated rings. The number of allylic oxidation sites excluding steroid dienone is 1. The molecule has 1 heterocycles. The number of amides is 2. The largest absolute Gasteiger partial charge is 0.493 e. The normalized spacial score (nSPS) is 14.8. The van der Waals surface area contributed by atoms with Crippen LogP contribution in [0.1, 0.15) is 16.7 Å². The van der Waals surface area contributed by atoms with Gasteiger partial charge < -0.3 is 9.47 Å². The number of carbonyl (C=O) groups is 2. The van der Waals surface area contributed by atoms with Crippen LogP contribution in [0.25, 0.3) is 6.08 Å². The second-order valence-corrected chi connectivity index (χ2v) is 7.90. The van der Waals surface area contributed by atoms with Crippen molar-refractivity contribution >= 4 is 46.8 Å². The van der Waals surface area contributed by atoms with Gasteiger partial charge in [-0.2, -0.15) is 0 Å². The zero-order valence-electron chi connectivity index (χ0n) is 18.1. The van der Waals surface area contributed by atoms with Gasteiger partial charge in [0, 0.05) is 22.7 Å². The van der Waals surface area contributed by atoms with Crippen LogP contribution >= 0.6 is 23.8 Å². The van der Waals surface area contributed by atoms with Gasteiger partial charge in [0.15, 0.2) is 16.6 Å². The van der Waals surface area contributed by atoms with E-state index < -0.39 is 11.8 Å². The van der Waals surface area contributed by atoms with Crippen molar-refractivity contribution in [1.29, 1.82) is 0 Å². The number of nitrogens with zero attached hydrogens (tertiary/aromatic N) is 1. The van der Waals surface area contributed by atoms with E-state index in [9.17, 15) is 9.59 Å². The summed E-state index contributed by atoms with van der Waals surface area (Å²) in [5, 5.41) is 3.19. The molecule has 2 amide bonds. The molecule has 0 bridgehead atoms. The van der Waals surface area contributed by atoms with E-state index in [1.54, 1.807) is 18.2 Å². The van der Waals surface area contributed by atoms with Crippen LogP contribution in [-0.2, 0) is 22.6 Å². The zero-order valence-corrected chi connectivity index (χ0v) is 19.7. The third-order valence-corrected chi connectivity index (χ3v) is 5.57. The molecule has 1 N–H and O–H groups in total. The van der Waals surface area contributed by atoms with Gasteiger partial charge in [-0.1, -0.05) is 42.0 Å². The summed E-state index contributed by atoms with van der Waals surface area (Å²) in [6, 6.07) is 10.9. The summed E-state index contributed by atoms with van der Waals surface area (Å²) in [6.07, 6.45) is 5.26. The summed E-state index contributed by atoms with van der Waals surface area (Å²) in [6.45, 7) is 7.87. The topological polar surface area (TPSA) is 67.9 Å². The number of halogens is 1. The van der Waals surface area contributed by atoms with Crippen LogP contribution in [-0.4, -0.2) is 35.5 Å². The molecule has 1 aliphatic rings. The lowest BCUT2D eigenvalue weighted by Gasteiger charge is -2.27. The molecular weight excluding hydrogens is 460 g/mol. The molecule has 0 spiro atoms. The van der Waals surface area contributed by atoms with Gasteiger partial charge in [0.05, 0.1) is 7.11 Å². The van der Waals surface area contributed by atoms with Crippen molar-refractivity contribution in [2.45, 2.75) is 13.0 Å². The van der Waals surface area contributed by atoms with Crippen molar-refractivity contribution in [1.82, 2.24) is 10.2 Å². The smallest absolute Gasteiger partial charge is 0.265 e. The lowest BCUT2D eigenvalue weighted by molar-refractivity contribution is -0.128. The second-order valence-electron chi connectivity index (χ2n) is 7.11. The van der Waals surface area contributed by atoms with Gasteiger partial charge in [0.25, 0.3) is 11.8 Å². The van der Waals surface area contributed by atoms with Gasteiger partial charge in [-0.3, -0.25) is 19.8 Å². The van der Waals surface area contributed by atoms with E-state index in [4.69, 9.17) is 33.3 Å². The summed E-state index contributed by atoms with van der Waals surface area (Å²) in [4.78, 5) is 26.6. The average molecular weight is 483 g/mol. The van der Waals surface area contributed by atoms with Crippen molar-refractivity contribution in [3.05, 3.63) is 89.0 Å². The lowest BCUT2D eigenvalue weighted by atomic mass is 10.0. The Labute approximate surface area is 203 Å². The predicted octanol–water partition coefficient (Wildman–Crippen LogP) is 4.47. The number of thiocarbonyl (C=S) groups is 1. The van der Waals surface area contributed by atoms with E-state index in [0.717, 1.165) is 11.1 Å². The number of ether oxygens (including phenoxy) is 2. The molecular formula is C25H23ClN2O4S. The standard InChI is InChI=1S/C25H23ClN2O4S/c1-4-8-17-12-16(13-19-23(29)27-25(33)28(11-5-2)24(19)30)14-21(31-3)22(17)32-15-18-9-6-7-10-20(18)26/h4-7,9-10,12-14H,1-2,8,11,15H2,3H3,(H,27,29,33)/b19-13+. The highest BCUT2D eigenvalue weighted by molar-refractivity contribution is 7.80. The molecule has 0 radical (unpaired) electrons. The first-order chi connectivity index (χ1) is 15.9. The maximum atomic E-state index is 12.8. The number of methoxy groups -OCH3 is 1. The Morgan fingerprint density at radius 3 is 2.58 bits per heavy atom. The summed E-state index contributed by atoms with van der Waals surface area (Å²) in [5.74, 6) is -0.0655. The van der Waals surface area contributed by atoms with Crippen LogP contribution in [0, 0.1) is 0 Å².